The van der Waals surface area contributed by atoms with Crippen molar-refractivity contribution in [3.63, 3.8) is 0 Å². The largest absolute Gasteiger partial charge is 0.545 e. The number of fused-ring (bicyclic) bond motifs is 2. The van der Waals surface area contributed by atoms with Crippen LogP contribution in [0.3, 0.4) is 0 Å². The first-order valence-corrected chi connectivity index (χ1v) is 13.1. The normalized spacial score (nSPS) is 13.9. The summed E-state index contributed by atoms with van der Waals surface area (Å²) < 4.78 is 8.30. The molecule has 5 rings (SSSR count). The van der Waals surface area contributed by atoms with E-state index in [-0.39, 0.29) is 17.0 Å². The van der Waals surface area contributed by atoms with Gasteiger partial charge in [-0.2, -0.15) is 0 Å². The van der Waals surface area contributed by atoms with Gasteiger partial charge in [-0.1, -0.05) is 6.07 Å². The molecule has 0 radical (unpaired) electrons. The molecule has 9 nitrogen and oxygen atoms in total. The first-order valence-electron chi connectivity index (χ1n) is 13.1. The third-order valence-electron chi connectivity index (χ3n) is 7.61. The lowest BCUT2D eigenvalue weighted by molar-refractivity contribution is -0.254. The van der Waals surface area contributed by atoms with E-state index in [1.165, 1.54) is 6.07 Å². The number of aliphatic carboxylic acids is 1. The first kappa shape index (κ1) is 26.9. The standard InChI is InChI=1S/C31H31N3O6/c1-32(2)20-6-9-23-26(16-20)40-27-17-21(33(3)4)7-10-24(27)28(23)22-8-5-19(15-25(22)31(38)39)29(35)34-13-11-18(12-14-34)30(36)37/h5-10,15-18H,11-14H2,1-4H3,(H-,36,37,38,39). The van der Waals surface area contributed by atoms with Crippen LogP contribution in [0.2, 0.25) is 0 Å². The van der Waals surface area contributed by atoms with Gasteiger partial charge in [-0.05, 0) is 48.7 Å². The summed E-state index contributed by atoms with van der Waals surface area (Å²) in [6.45, 7) is 0.603. The first-order chi connectivity index (χ1) is 19.0. The van der Waals surface area contributed by atoms with E-state index >= 15 is 0 Å². The molecule has 1 aliphatic carbocycles. The Bertz CT molecular complexity index is 1690. The maximum atomic E-state index is 13.3. The second kappa shape index (κ2) is 10.5. The number of hydrogen-bond donors (Lipinski definition) is 1. The molecule has 1 N–H and O–H groups in total. The van der Waals surface area contributed by atoms with Crippen molar-refractivity contribution in [2.24, 2.45) is 5.92 Å². The zero-order valence-corrected chi connectivity index (χ0v) is 22.9. The van der Waals surface area contributed by atoms with Crippen LogP contribution in [0.1, 0.15) is 33.6 Å². The molecule has 9 heteroatoms. The molecule has 0 spiro atoms. The fourth-order valence-electron chi connectivity index (χ4n) is 5.29. The lowest BCUT2D eigenvalue weighted by Crippen LogP contribution is -2.40. The summed E-state index contributed by atoms with van der Waals surface area (Å²) in [7, 11) is 7.73. The number of carbonyl (C=O) groups is 3. The van der Waals surface area contributed by atoms with Crippen molar-refractivity contribution in [2.75, 3.05) is 46.2 Å². The minimum atomic E-state index is -1.40. The van der Waals surface area contributed by atoms with E-state index in [1.807, 2.05) is 74.1 Å². The van der Waals surface area contributed by atoms with E-state index < -0.39 is 17.9 Å². The molecule has 2 aliphatic heterocycles. The highest BCUT2D eigenvalue weighted by atomic mass is 16.4. The number of likely N-dealkylation sites (tertiary alicyclic amines) is 1. The molecule has 0 saturated carbocycles. The molecule has 0 bridgehead atoms. The van der Waals surface area contributed by atoms with Gasteiger partial charge < -0.3 is 29.2 Å². The van der Waals surface area contributed by atoms with Crippen LogP contribution >= 0.6 is 0 Å². The van der Waals surface area contributed by atoms with Crippen molar-refractivity contribution in [3.8, 4) is 22.5 Å². The molecule has 2 heterocycles. The highest BCUT2D eigenvalue weighted by Gasteiger charge is 2.28. The van der Waals surface area contributed by atoms with Gasteiger partial charge >= 0.3 is 5.97 Å². The third kappa shape index (κ3) is 4.90. The maximum Gasteiger partial charge on any atom is 0.306 e. The number of benzene rings is 3. The highest BCUT2D eigenvalue weighted by molar-refractivity contribution is 6.09. The molecule has 1 amide bonds. The van der Waals surface area contributed by atoms with Gasteiger partial charge in [0, 0.05) is 72.6 Å². The molecule has 0 aromatic heterocycles. The fourth-order valence-corrected chi connectivity index (χ4v) is 5.29. The molecule has 2 aromatic carbocycles. The van der Waals surface area contributed by atoms with Gasteiger partial charge in [-0.3, -0.25) is 9.59 Å². The molecule has 40 heavy (non-hydrogen) atoms. The summed E-state index contributed by atoms with van der Waals surface area (Å²) in [5.74, 6) is -2.47. The Balaban J connectivity index is 1.67. The number of anilines is 1. The molecule has 1 fully saturated rings. The lowest BCUT2D eigenvalue weighted by Gasteiger charge is -2.30. The van der Waals surface area contributed by atoms with Crippen LogP contribution in [0.4, 0.5) is 5.69 Å². The number of aromatic carboxylic acids is 1. The molecular weight excluding hydrogens is 510 g/mol. The van der Waals surface area contributed by atoms with Crippen LogP contribution < -0.4 is 19.9 Å². The number of carbonyl (C=O) groups excluding carboxylic acids is 2. The number of nitrogens with zero attached hydrogens (tertiary/aromatic N) is 3. The van der Waals surface area contributed by atoms with Gasteiger partial charge in [0.15, 0.2) is 0 Å². The van der Waals surface area contributed by atoms with Crippen LogP contribution in [-0.2, 0) is 4.79 Å². The third-order valence-corrected chi connectivity index (χ3v) is 7.61. The van der Waals surface area contributed by atoms with E-state index in [1.54, 1.807) is 17.0 Å². The van der Waals surface area contributed by atoms with Gasteiger partial charge in [0.25, 0.3) is 5.91 Å². The molecule has 0 unspecified atom stereocenters. The van der Waals surface area contributed by atoms with Gasteiger partial charge in [0.2, 0.25) is 5.36 Å². The fraction of sp³-hybridized carbons (Fsp3) is 0.290. The van der Waals surface area contributed by atoms with Crippen molar-refractivity contribution in [1.82, 2.24) is 9.48 Å². The summed E-state index contributed by atoms with van der Waals surface area (Å²) in [5, 5.41) is 23.4. The van der Waals surface area contributed by atoms with Crippen LogP contribution in [0.15, 0.2) is 59.0 Å². The summed E-state index contributed by atoms with van der Waals surface area (Å²) in [4.78, 5) is 40.6. The highest BCUT2D eigenvalue weighted by Crippen LogP contribution is 2.42. The molecule has 0 atom stereocenters. The van der Waals surface area contributed by atoms with Crippen molar-refractivity contribution < 1.29 is 29.0 Å². The minimum absolute atomic E-state index is 0.103. The van der Waals surface area contributed by atoms with E-state index in [4.69, 9.17) is 4.42 Å². The van der Waals surface area contributed by atoms with Crippen molar-refractivity contribution in [2.45, 2.75) is 12.8 Å². The molecule has 206 valence electrons. The van der Waals surface area contributed by atoms with Gasteiger partial charge in [-0.15, -0.1) is 0 Å². The molecule has 1 saturated heterocycles. The van der Waals surface area contributed by atoms with Crippen LogP contribution in [0, 0.1) is 5.92 Å². The number of rotatable bonds is 5. The second-order valence-corrected chi connectivity index (χ2v) is 10.6. The van der Waals surface area contributed by atoms with Crippen molar-refractivity contribution in [1.29, 1.82) is 0 Å². The Kier molecular flexibility index (Phi) is 7.06. The van der Waals surface area contributed by atoms with Crippen molar-refractivity contribution in [3.05, 3.63) is 71.1 Å². The van der Waals surface area contributed by atoms with E-state index in [0.717, 1.165) is 22.0 Å². The molecule has 2 aromatic rings. The zero-order chi connectivity index (χ0) is 28.7. The zero-order valence-electron chi connectivity index (χ0n) is 22.9. The average molecular weight is 542 g/mol. The number of amides is 1. The second-order valence-electron chi connectivity index (χ2n) is 10.6. The van der Waals surface area contributed by atoms with Crippen molar-refractivity contribution >= 4 is 34.5 Å². The number of hydrogen-bond acceptors (Lipinski definition) is 6. The SMILES string of the molecule is CN(C)c1ccc2c(-c3ccc(C(=O)N4CCC(C(=O)O)CC4)cc3C(=O)[O-])c3ccc(=[N+](C)C)cc-3oc2c1. The Labute approximate surface area is 231 Å². The minimum Gasteiger partial charge on any atom is -0.545 e. The number of carboxylic acid groups (broad SMARTS) is 2. The van der Waals surface area contributed by atoms with Crippen LogP contribution in [0.25, 0.3) is 33.4 Å². The van der Waals surface area contributed by atoms with E-state index in [0.29, 0.717) is 48.4 Å². The number of piperidine rings is 1. The van der Waals surface area contributed by atoms with Gasteiger partial charge in [0.05, 0.1) is 18.0 Å². The monoisotopic (exact) mass is 541 g/mol. The summed E-state index contributed by atoms with van der Waals surface area (Å²) >= 11 is 0. The van der Waals surface area contributed by atoms with Crippen LogP contribution in [0.5, 0.6) is 0 Å². The molecular formula is C31H31N3O6. The topological polar surface area (TPSA) is 117 Å². The van der Waals surface area contributed by atoms with Gasteiger partial charge in [-0.25, -0.2) is 4.58 Å². The maximum absolute atomic E-state index is 13.3. The predicted octanol–water partition coefficient (Wildman–Crippen LogP) is 2.60. The Hall–Kier alpha value is -4.66. The molecule has 3 aliphatic rings. The lowest BCUT2D eigenvalue weighted by atomic mass is 9.89. The smallest absolute Gasteiger partial charge is 0.306 e. The summed E-state index contributed by atoms with van der Waals surface area (Å²) in [6.07, 6.45) is 0.726. The summed E-state index contributed by atoms with van der Waals surface area (Å²) in [5.41, 5.74) is 3.46. The quantitative estimate of drug-likeness (QED) is 0.305. The van der Waals surface area contributed by atoms with E-state index in [2.05, 4.69) is 0 Å². The van der Waals surface area contributed by atoms with Crippen LogP contribution in [-0.4, -0.2) is 69.1 Å². The Morgan fingerprint density at radius 3 is 2.30 bits per heavy atom. The predicted molar refractivity (Wildman–Crippen MR) is 150 cm³/mol. The van der Waals surface area contributed by atoms with Gasteiger partial charge in [0.1, 0.15) is 25.4 Å². The average Bonchev–Trinajstić information content (AvgIpc) is 2.94. The number of carboxylic acids is 2. The Morgan fingerprint density at radius 1 is 0.975 bits per heavy atom. The van der Waals surface area contributed by atoms with E-state index in [9.17, 15) is 24.6 Å². The summed E-state index contributed by atoms with van der Waals surface area (Å²) in [6, 6.07) is 16.2. The Morgan fingerprint density at radius 2 is 1.68 bits per heavy atom.